The van der Waals surface area contributed by atoms with Crippen molar-refractivity contribution in [3.8, 4) is 17.6 Å². The van der Waals surface area contributed by atoms with Crippen LogP contribution in [0.25, 0.3) is 6.08 Å². The predicted octanol–water partition coefficient (Wildman–Crippen LogP) is 3.96. The van der Waals surface area contributed by atoms with Gasteiger partial charge < -0.3 is 14.6 Å². The molecule has 0 spiro atoms. The van der Waals surface area contributed by atoms with Gasteiger partial charge in [0.2, 0.25) is 0 Å². The summed E-state index contributed by atoms with van der Waals surface area (Å²) in [6.45, 7) is 0.411. The highest BCUT2D eigenvalue weighted by Crippen LogP contribution is 2.37. The molecule has 0 aliphatic rings. The first kappa shape index (κ1) is 18.4. The lowest BCUT2D eigenvalue weighted by Gasteiger charge is -2.13. The van der Waals surface area contributed by atoms with Gasteiger partial charge in [0.25, 0.3) is 0 Å². The Morgan fingerprint density at radius 2 is 2.04 bits per heavy atom. The first-order valence-electron chi connectivity index (χ1n) is 7.44. The Hall–Kier alpha value is -2.97. The minimum absolute atomic E-state index is 0.279. The summed E-state index contributed by atoms with van der Waals surface area (Å²) in [5.74, 6) is -0.554. The number of nitrogens with zero attached hydrogens (tertiary/aromatic N) is 1. The number of hydrogen-bond donors (Lipinski definition) is 1. The number of carboxylic acid groups (broad SMARTS) is 1. The molecule has 0 bridgehead atoms. The second-order valence-corrected chi connectivity index (χ2v) is 5.50. The summed E-state index contributed by atoms with van der Waals surface area (Å²) in [7, 11) is 1.46. The zero-order valence-electron chi connectivity index (χ0n) is 13.5. The van der Waals surface area contributed by atoms with Gasteiger partial charge >= 0.3 is 5.97 Å². The number of nitriles is 1. The van der Waals surface area contributed by atoms with E-state index in [0.717, 1.165) is 5.56 Å². The van der Waals surface area contributed by atoms with Crippen molar-refractivity contribution in [2.45, 2.75) is 6.42 Å². The van der Waals surface area contributed by atoms with Gasteiger partial charge in [-0.05, 0) is 29.3 Å². The summed E-state index contributed by atoms with van der Waals surface area (Å²) in [4.78, 5) is 10.9. The maximum absolute atomic E-state index is 10.9. The van der Waals surface area contributed by atoms with Gasteiger partial charge in [0.15, 0.2) is 11.5 Å². The fourth-order valence-electron chi connectivity index (χ4n) is 2.19. The number of rotatable bonds is 7. The average Bonchev–Trinajstić information content (AvgIpc) is 2.61. The van der Waals surface area contributed by atoms with Crippen LogP contribution in [-0.4, -0.2) is 24.8 Å². The number of halogens is 1. The zero-order chi connectivity index (χ0) is 18.2. The third-order valence-electron chi connectivity index (χ3n) is 3.39. The average molecular weight is 358 g/mol. The number of carboxylic acids is 1. The standard InChI is InChI=1S/C19H16ClNO4/c1-24-17-11-14(9-15(12-21)19(22)23)10-16(20)18(17)25-8-7-13-5-3-2-4-6-13/h2-6,9-11H,7-8H2,1H3,(H,22,23). The van der Waals surface area contributed by atoms with E-state index >= 15 is 0 Å². The molecule has 0 aliphatic heterocycles. The highest BCUT2D eigenvalue weighted by molar-refractivity contribution is 6.32. The fraction of sp³-hybridized carbons (Fsp3) is 0.158. The van der Waals surface area contributed by atoms with Crippen LogP contribution in [0.2, 0.25) is 5.02 Å². The number of methoxy groups -OCH3 is 1. The fourth-order valence-corrected chi connectivity index (χ4v) is 2.46. The summed E-state index contributed by atoms with van der Waals surface area (Å²) in [5, 5.41) is 18.1. The van der Waals surface area contributed by atoms with Crippen molar-refractivity contribution < 1.29 is 19.4 Å². The van der Waals surface area contributed by atoms with E-state index in [0.29, 0.717) is 30.1 Å². The summed E-state index contributed by atoms with van der Waals surface area (Å²) in [5.41, 5.74) is 1.18. The van der Waals surface area contributed by atoms with Crippen LogP contribution in [0.3, 0.4) is 0 Å². The number of benzene rings is 2. The number of ether oxygens (including phenoxy) is 2. The second kappa shape index (κ2) is 8.76. The molecule has 0 atom stereocenters. The summed E-state index contributed by atoms with van der Waals surface area (Å²) < 4.78 is 11.0. The minimum Gasteiger partial charge on any atom is -0.493 e. The van der Waals surface area contributed by atoms with Gasteiger partial charge in [-0.1, -0.05) is 41.9 Å². The van der Waals surface area contributed by atoms with E-state index in [9.17, 15) is 4.79 Å². The van der Waals surface area contributed by atoms with Gasteiger partial charge in [0.05, 0.1) is 18.7 Å². The molecule has 0 aromatic heterocycles. The molecule has 2 aromatic carbocycles. The molecular weight excluding hydrogens is 342 g/mol. The molecule has 2 aromatic rings. The molecule has 0 unspecified atom stereocenters. The van der Waals surface area contributed by atoms with Crippen molar-refractivity contribution in [2.75, 3.05) is 13.7 Å². The highest BCUT2D eigenvalue weighted by Gasteiger charge is 2.13. The Labute approximate surface area is 150 Å². The van der Waals surface area contributed by atoms with Crippen molar-refractivity contribution in [2.24, 2.45) is 0 Å². The van der Waals surface area contributed by atoms with Gasteiger partial charge in [-0.15, -0.1) is 0 Å². The Morgan fingerprint density at radius 3 is 2.64 bits per heavy atom. The molecule has 0 radical (unpaired) electrons. The van der Waals surface area contributed by atoms with Crippen LogP contribution in [0.5, 0.6) is 11.5 Å². The molecule has 6 heteroatoms. The molecule has 0 saturated heterocycles. The Kier molecular flexibility index (Phi) is 6.44. The van der Waals surface area contributed by atoms with E-state index < -0.39 is 11.5 Å². The molecule has 5 nitrogen and oxygen atoms in total. The normalized spacial score (nSPS) is 10.8. The van der Waals surface area contributed by atoms with Crippen molar-refractivity contribution in [1.29, 1.82) is 5.26 Å². The molecule has 0 heterocycles. The van der Waals surface area contributed by atoms with Gasteiger partial charge in [0, 0.05) is 6.42 Å². The number of hydrogen-bond acceptors (Lipinski definition) is 4. The van der Waals surface area contributed by atoms with Crippen LogP contribution in [0.4, 0.5) is 0 Å². The lowest BCUT2D eigenvalue weighted by atomic mass is 10.1. The molecular formula is C19H16ClNO4. The Balaban J connectivity index is 2.19. The van der Waals surface area contributed by atoms with Crippen molar-refractivity contribution in [3.63, 3.8) is 0 Å². The quantitative estimate of drug-likeness (QED) is 0.599. The van der Waals surface area contributed by atoms with E-state index in [2.05, 4.69) is 0 Å². The molecule has 0 amide bonds. The highest BCUT2D eigenvalue weighted by atomic mass is 35.5. The van der Waals surface area contributed by atoms with Crippen molar-refractivity contribution in [3.05, 3.63) is 64.2 Å². The SMILES string of the molecule is COc1cc(C=C(C#N)C(=O)O)cc(Cl)c1OCCc1ccccc1. The largest absolute Gasteiger partial charge is 0.493 e. The molecule has 0 fully saturated rings. The van der Waals surface area contributed by atoms with Crippen LogP contribution in [0.1, 0.15) is 11.1 Å². The van der Waals surface area contributed by atoms with E-state index in [-0.39, 0.29) is 5.02 Å². The second-order valence-electron chi connectivity index (χ2n) is 5.09. The van der Waals surface area contributed by atoms with E-state index in [1.54, 1.807) is 12.1 Å². The van der Waals surface area contributed by atoms with Crippen LogP contribution < -0.4 is 9.47 Å². The first-order valence-corrected chi connectivity index (χ1v) is 7.82. The van der Waals surface area contributed by atoms with Crippen molar-refractivity contribution in [1.82, 2.24) is 0 Å². The Bertz CT molecular complexity index is 825. The predicted molar refractivity (Wildman–Crippen MR) is 94.9 cm³/mol. The molecule has 0 saturated carbocycles. The van der Waals surface area contributed by atoms with Crippen LogP contribution in [0.15, 0.2) is 48.0 Å². The van der Waals surface area contributed by atoms with Gasteiger partial charge in [-0.2, -0.15) is 5.26 Å². The van der Waals surface area contributed by atoms with Crippen molar-refractivity contribution >= 4 is 23.6 Å². The van der Waals surface area contributed by atoms with E-state index in [1.165, 1.54) is 19.3 Å². The topological polar surface area (TPSA) is 79.5 Å². The summed E-state index contributed by atoms with van der Waals surface area (Å²) in [6, 6.07) is 14.6. The maximum atomic E-state index is 10.9. The first-order chi connectivity index (χ1) is 12.0. The third-order valence-corrected chi connectivity index (χ3v) is 3.67. The Morgan fingerprint density at radius 1 is 1.32 bits per heavy atom. The minimum atomic E-state index is -1.30. The van der Waals surface area contributed by atoms with Crippen LogP contribution in [0, 0.1) is 11.3 Å². The van der Waals surface area contributed by atoms with Gasteiger partial charge in [0.1, 0.15) is 11.6 Å². The lowest BCUT2D eigenvalue weighted by molar-refractivity contribution is -0.132. The van der Waals surface area contributed by atoms with E-state index in [1.807, 2.05) is 30.3 Å². The van der Waals surface area contributed by atoms with Crippen LogP contribution >= 0.6 is 11.6 Å². The molecule has 2 rings (SSSR count). The zero-order valence-corrected chi connectivity index (χ0v) is 14.3. The monoisotopic (exact) mass is 357 g/mol. The van der Waals surface area contributed by atoms with Gasteiger partial charge in [-0.3, -0.25) is 0 Å². The molecule has 0 aliphatic carbocycles. The smallest absolute Gasteiger partial charge is 0.346 e. The summed E-state index contributed by atoms with van der Waals surface area (Å²) in [6.07, 6.45) is 1.93. The maximum Gasteiger partial charge on any atom is 0.346 e. The lowest BCUT2D eigenvalue weighted by Crippen LogP contribution is -2.03. The summed E-state index contributed by atoms with van der Waals surface area (Å²) >= 11 is 6.24. The molecule has 25 heavy (non-hydrogen) atoms. The molecule has 1 N–H and O–H groups in total. The number of carbonyl (C=O) groups is 1. The third kappa shape index (κ3) is 5.00. The molecule has 128 valence electrons. The van der Waals surface area contributed by atoms with E-state index in [4.69, 9.17) is 31.4 Å². The number of aliphatic carboxylic acids is 1. The van der Waals surface area contributed by atoms with Crippen LogP contribution in [-0.2, 0) is 11.2 Å². The van der Waals surface area contributed by atoms with Gasteiger partial charge in [-0.25, -0.2) is 4.79 Å².